The predicted molar refractivity (Wildman–Crippen MR) is 114 cm³/mol. The Hall–Kier alpha value is -2.28. The molecule has 1 saturated heterocycles. The lowest BCUT2D eigenvalue weighted by Gasteiger charge is -2.27. The lowest BCUT2D eigenvalue weighted by atomic mass is 10.2. The van der Waals surface area contributed by atoms with Gasteiger partial charge in [0.25, 0.3) is 5.91 Å². The normalized spacial score (nSPS) is 17.1. The average molecular weight is 390 g/mol. The molecule has 0 spiro atoms. The van der Waals surface area contributed by atoms with Crippen LogP contribution in [0.15, 0.2) is 29.3 Å². The number of carbonyl (C=O) groups excluding carboxylic acids is 1. The molecule has 0 radical (unpaired) electrons. The van der Waals surface area contributed by atoms with Gasteiger partial charge >= 0.3 is 0 Å². The average Bonchev–Trinajstić information content (AvgIpc) is 3.18. The number of nitrogens with one attached hydrogen (secondary N) is 2. The third kappa shape index (κ3) is 6.41. The lowest BCUT2D eigenvalue weighted by molar-refractivity contribution is -0.122. The summed E-state index contributed by atoms with van der Waals surface area (Å²) in [7, 11) is 1.83. The molecular formula is C21H35N5O2. The van der Waals surface area contributed by atoms with Crippen molar-refractivity contribution in [2.45, 2.75) is 39.8 Å². The molecule has 1 unspecified atom stereocenters. The van der Waals surface area contributed by atoms with Crippen molar-refractivity contribution < 1.29 is 9.53 Å². The molecule has 2 N–H and O–H groups in total. The fourth-order valence-electron chi connectivity index (χ4n) is 3.63. The summed E-state index contributed by atoms with van der Waals surface area (Å²) in [6, 6.07) is 8.41. The molecule has 1 atom stereocenters. The SMILES string of the molecule is CCNC(=O)COc1cccc(CNC(=NC)N2CCC(N(CC)CC)C2)c1. The van der Waals surface area contributed by atoms with Crippen LogP contribution in [0.25, 0.3) is 0 Å². The van der Waals surface area contributed by atoms with Gasteiger partial charge in [-0.25, -0.2) is 0 Å². The molecule has 7 heteroatoms. The topological polar surface area (TPSA) is 69.2 Å². The van der Waals surface area contributed by atoms with Crippen LogP contribution in [-0.2, 0) is 11.3 Å². The monoisotopic (exact) mass is 389 g/mol. The molecular weight excluding hydrogens is 354 g/mol. The molecule has 1 fully saturated rings. The van der Waals surface area contributed by atoms with Crippen molar-refractivity contribution >= 4 is 11.9 Å². The smallest absolute Gasteiger partial charge is 0.257 e. The third-order valence-electron chi connectivity index (χ3n) is 5.10. The van der Waals surface area contributed by atoms with E-state index in [0.717, 1.165) is 37.7 Å². The number of aliphatic imine (C=N–C) groups is 1. The van der Waals surface area contributed by atoms with Gasteiger partial charge < -0.3 is 20.3 Å². The van der Waals surface area contributed by atoms with E-state index in [1.165, 1.54) is 6.42 Å². The Balaban J connectivity index is 1.87. The Morgan fingerprint density at radius 1 is 1.29 bits per heavy atom. The summed E-state index contributed by atoms with van der Waals surface area (Å²) in [5.74, 6) is 1.52. The van der Waals surface area contributed by atoms with Gasteiger partial charge in [0.05, 0.1) is 0 Å². The van der Waals surface area contributed by atoms with Crippen LogP contribution < -0.4 is 15.4 Å². The minimum atomic E-state index is -0.108. The molecule has 2 rings (SSSR count). The Morgan fingerprint density at radius 2 is 2.07 bits per heavy atom. The fourth-order valence-corrected chi connectivity index (χ4v) is 3.63. The van der Waals surface area contributed by atoms with Crippen molar-refractivity contribution in [1.82, 2.24) is 20.4 Å². The van der Waals surface area contributed by atoms with E-state index in [2.05, 4.69) is 39.3 Å². The first kappa shape index (κ1) is 22.0. The van der Waals surface area contributed by atoms with Crippen molar-refractivity contribution in [3.05, 3.63) is 29.8 Å². The van der Waals surface area contributed by atoms with E-state index in [4.69, 9.17) is 4.74 Å². The predicted octanol–water partition coefficient (Wildman–Crippen LogP) is 1.69. The maximum Gasteiger partial charge on any atom is 0.257 e. The number of rotatable bonds is 9. The molecule has 1 amide bonds. The Kier molecular flexibility index (Phi) is 9.07. The molecule has 156 valence electrons. The molecule has 0 bridgehead atoms. The summed E-state index contributed by atoms with van der Waals surface area (Å²) >= 11 is 0. The zero-order valence-corrected chi connectivity index (χ0v) is 17.7. The quantitative estimate of drug-likeness (QED) is 0.497. The van der Waals surface area contributed by atoms with Crippen LogP contribution in [-0.4, -0.2) is 74.1 Å². The zero-order chi connectivity index (χ0) is 20.4. The first-order valence-electron chi connectivity index (χ1n) is 10.3. The fraction of sp³-hybridized carbons (Fsp3) is 0.619. The van der Waals surface area contributed by atoms with Crippen LogP contribution in [0.1, 0.15) is 32.8 Å². The van der Waals surface area contributed by atoms with Gasteiger partial charge in [-0.1, -0.05) is 26.0 Å². The first-order valence-corrected chi connectivity index (χ1v) is 10.3. The van der Waals surface area contributed by atoms with E-state index >= 15 is 0 Å². The second-order valence-electron chi connectivity index (χ2n) is 6.90. The maximum atomic E-state index is 11.5. The second kappa shape index (κ2) is 11.5. The molecule has 1 aliphatic heterocycles. The number of nitrogens with zero attached hydrogens (tertiary/aromatic N) is 3. The van der Waals surface area contributed by atoms with Crippen LogP contribution in [0.5, 0.6) is 5.75 Å². The highest BCUT2D eigenvalue weighted by Gasteiger charge is 2.27. The number of likely N-dealkylation sites (tertiary alicyclic amines) is 1. The molecule has 0 aliphatic carbocycles. The van der Waals surface area contributed by atoms with Crippen LogP contribution in [0.2, 0.25) is 0 Å². The van der Waals surface area contributed by atoms with E-state index in [9.17, 15) is 4.79 Å². The summed E-state index contributed by atoms with van der Waals surface area (Å²) in [5, 5.41) is 6.19. The van der Waals surface area contributed by atoms with Gasteiger partial charge in [0.15, 0.2) is 12.6 Å². The van der Waals surface area contributed by atoms with Crippen molar-refractivity contribution in [2.24, 2.45) is 4.99 Å². The van der Waals surface area contributed by atoms with E-state index < -0.39 is 0 Å². The van der Waals surface area contributed by atoms with Crippen LogP contribution in [0.3, 0.4) is 0 Å². The molecule has 1 aromatic rings. The van der Waals surface area contributed by atoms with Gasteiger partial charge in [0, 0.05) is 39.3 Å². The van der Waals surface area contributed by atoms with Crippen molar-refractivity contribution in [3.63, 3.8) is 0 Å². The van der Waals surface area contributed by atoms with Gasteiger partial charge in [0.1, 0.15) is 5.75 Å². The minimum absolute atomic E-state index is 0.0346. The summed E-state index contributed by atoms with van der Waals surface area (Å²) < 4.78 is 5.57. The molecule has 28 heavy (non-hydrogen) atoms. The van der Waals surface area contributed by atoms with E-state index in [1.54, 1.807) is 0 Å². The zero-order valence-electron chi connectivity index (χ0n) is 17.7. The standard InChI is InChI=1S/C21H35N5O2/c1-5-23-20(27)16-28-19-10-8-9-17(13-19)14-24-21(22-4)26-12-11-18(15-26)25(6-2)7-3/h8-10,13,18H,5-7,11-12,14-16H2,1-4H3,(H,22,24)(H,23,27). The van der Waals surface area contributed by atoms with Crippen LogP contribution in [0, 0.1) is 0 Å². The maximum absolute atomic E-state index is 11.5. The molecule has 7 nitrogen and oxygen atoms in total. The van der Waals surface area contributed by atoms with E-state index in [-0.39, 0.29) is 12.5 Å². The Labute approximate surface area is 169 Å². The van der Waals surface area contributed by atoms with E-state index in [1.807, 2.05) is 38.2 Å². The number of ether oxygens (including phenoxy) is 1. The van der Waals surface area contributed by atoms with E-state index in [0.29, 0.717) is 24.9 Å². The number of hydrogen-bond acceptors (Lipinski definition) is 4. The number of hydrogen-bond donors (Lipinski definition) is 2. The summed E-state index contributed by atoms with van der Waals surface area (Å²) in [6.45, 7) is 11.9. The van der Waals surface area contributed by atoms with Gasteiger partial charge in [-0.15, -0.1) is 0 Å². The Bertz CT molecular complexity index is 645. The molecule has 1 aliphatic rings. The number of likely N-dealkylation sites (N-methyl/N-ethyl adjacent to an activating group) is 2. The molecule has 1 heterocycles. The summed E-state index contributed by atoms with van der Waals surface area (Å²) in [6.07, 6.45) is 1.17. The third-order valence-corrected chi connectivity index (χ3v) is 5.10. The highest BCUT2D eigenvalue weighted by atomic mass is 16.5. The Morgan fingerprint density at radius 3 is 2.75 bits per heavy atom. The van der Waals surface area contributed by atoms with Crippen molar-refractivity contribution in [1.29, 1.82) is 0 Å². The highest BCUT2D eigenvalue weighted by molar-refractivity contribution is 5.80. The largest absolute Gasteiger partial charge is 0.484 e. The van der Waals surface area contributed by atoms with Crippen molar-refractivity contribution in [2.75, 3.05) is 46.4 Å². The number of benzene rings is 1. The van der Waals surface area contributed by atoms with Gasteiger partial charge in [-0.05, 0) is 44.1 Å². The number of carbonyl (C=O) groups is 1. The van der Waals surface area contributed by atoms with Crippen LogP contribution >= 0.6 is 0 Å². The van der Waals surface area contributed by atoms with Gasteiger partial charge in [-0.3, -0.25) is 14.7 Å². The van der Waals surface area contributed by atoms with Gasteiger partial charge in [0.2, 0.25) is 0 Å². The summed E-state index contributed by atoms with van der Waals surface area (Å²) in [5.41, 5.74) is 1.09. The number of guanidine groups is 1. The highest BCUT2D eigenvalue weighted by Crippen LogP contribution is 2.16. The minimum Gasteiger partial charge on any atom is -0.484 e. The molecule has 1 aromatic carbocycles. The number of amides is 1. The van der Waals surface area contributed by atoms with Crippen molar-refractivity contribution in [3.8, 4) is 5.75 Å². The summed E-state index contributed by atoms with van der Waals surface area (Å²) in [4.78, 5) is 20.9. The first-order chi connectivity index (χ1) is 13.6. The second-order valence-corrected chi connectivity index (χ2v) is 6.90. The molecule has 0 saturated carbocycles. The van der Waals surface area contributed by atoms with Crippen LogP contribution in [0.4, 0.5) is 0 Å². The molecule has 0 aromatic heterocycles. The lowest BCUT2D eigenvalue weighted by Crippen LogP contribution is -2.43. The van der Waals surface area contributed by atoms with Gasteiger partial charge in [-0.2, -0.15) is 0 Å².